The maximum Gasteiger partial charge on any atom is 0.276 e. The van der Waals surface area contributed by atoms with Gasteiger partial charge in [0.25, 0.3) is 5.91 Å². The van der Waals surface area contributed by atoms with Crippen molar-refractivity contribution in [3.63, 3.8) is 0 Å². The number of amides is 1. The summed E-state index contributed by atoms with van der Waals surface area (Å²) in [5, 5.41) is 3.34. The Kier molecular flexibility index (Phi) is 6.92. The summed E-state index contributed by atoms with van der Waals surface area (Å²) in [5.41, 5.74) is 2.05. The summed E-state index contributed by atoms with van der Waals surface area (Å²) in [6.45, 7) is 1.75. The SMILES string of the molecule is CN(C)CCCNc1cc(C(=O)N(C)c2ccccc2)nc(-c2ccccc2)n1. The average Bonchev–Trinajstić information content (AvgIpc) is 2.76. The molecule has 0 fully saturated rings. The maximum absolute atomic E-state index is 13.1. The average molecular weight is 390 g/mol. The van der Waals surface area contributed by atoms with Crippen LogP contribution < -0.4 is 10.2 Å². The molecule has 0 atom stereocenters. The van der Waals surface area contributed by atoms with E-state index >= 15 is 0 Å². The van der Waals surface area contributed by atoms with Gasteiger partial charge in [-0.05, 0) is 39.2 Å². The molecule has 0 bridgehead atoms. The Hall–Kier alpha value is -3.25. The molecule has 1 heterocycles. The molecule has 0 unspecified atom stereocenters. The minimum Gasteiger partial charge on any atom is -0.370 e. The van der Waals surface area contributed by atoms with Gasteiger partial charge in [-0.15, -0.1) is 0 Å². The van der Waals surface area contributed by atoms with Crippen LogP contribution in [0.1, 0.15) is 16.9 Å². The fourth-order valence-electron chi connectivity index (χ4n) is 2.92. The largest absolute Gasteiger partial charge is 0.370 e. The lowest BCUT2D eigenvalue weighted by Crippen LogP contribution is -2.27. The Balaban J connectivity index is 1.88. The van der Waals surface area contributed by atoms with E-state index in [4.69, 9.17) is 0 Å². The lowest BCUT2D eigenvalue weighted by Gasteiger charge is -2.18. The molecule has 0 saturated carbocycles. The fraction of sp³-hybridized carbons (Fsp3) is 0.261. The third-order valence-electron chi connectivity index (χ3n) is 4.51. The quantitative estimate of drug-likeness (QED) is 0.594. The van der Waals surface area contributed by atoms with Crippen LogP contribution in [0.4, 0.5) is 11.5 Å². The van der Waals surface area contributed by atoms with E-state index < -0.39 is 0 Å². The number of rotatable bonds is 8. The summed E-state index contributed by atoms with van der Waals surface area (Å²) in [6, 6.07) is 21.0. The van der Waals surface area contributed by atoms with E-state index in [2.05, 4.69) is 20.2 Å². The first-order chi connectivity index (χ1) is 14.0. The Bertz CT molecular complexity index is 929. The van der Waals surface area contributed by atoms with Gasteiger partial charge >= 0.3 is 0 Å². The molecular formula is C23H27N5O. The molecule has 6 nitrogen and oxygen atoms in total. The number of para-hydroxylation sites is 1. The van der Waals surface area contributed by atoms with Crippen LogP contribution in [0.2, 0.25) is 0 Å². The second-order valence-corrected chi connectivity index (χ2v) is 7.11. The first-order valence-electron chi connectivity index (χ1n) is 9.71. The molecule has 0 aliphatic heterocycles. The van der Waals surface area contributed by atoms with Gasteiger partial charge in [0.15, 0.2) is 5.82 Å². The number of nitrogens with one attached hydrogen (secondary N) is 1. The summed E-state index contributed by atoms with van der Waals surface area (Å²) < 4.78 is 0. The highest BCUT2D eigenvalue weighted by Crippen LogP contribution is 2.20. The van der Waals surface area contributed by atoms with Gasteiger partial charge in [-0.1, -0.05) is 48.5 Å². The molecule has 1 N–H and O–H groups in total. The smallest absolute Gasteiger partial charge is 0.276 e. The van der Waals surface area contributed by atoms with Crippen LogP contribution in [0.15, 0.2) is 66.7 Å². The van der Waals surface area contributed by atoms with Gasteiger partial charge in [0.2, 0.25) is 0 Å². The molecule has 29 heavy (non-hydrogen) atoms. The number of carbonyl (C=O) groups is 1. The van der Waals surface area contributed by atoms with E-state index in [1.807, 2.05) is 74.8 Å². The zero-order valence-corrected chi connectivity index (χ0v) is 17.2. The summed E-state index contributed by atoms with van der Waals surface area (Å²) >= 11 is 0. The molecule has 3 aromatic rings. The molecule has 3 rings (SSSR count). The third-order valence-corrected chi connectivity index (χ3v) is 4.51. The van der Waals surface area contributed by atoms with Crippen molar-refractivity contribution in [1.29, 1.82) is 0 Å². The van der Waals surface area contributed by atoms with Crippen LogP contribution in [0.5, 0.6) is 0 Å². The van der Waals surface area contributed by atoms with Gasteiger partial charge in [-0.2, -0.15) is 0 Å². The molecule has 1 amide bonds. The van der Waals surface area contributed by atoms with E-state index in [1.165, 1.54) is 0 Å². The normalized spacial score (nSPS) is 10.8. The lowest BCUT2D eigenvalue weighted by molar-refractivity contribution is 0.0988. The molecule has 0 saturated heterocycles. The number of anilines is 2. The molecule has 2 aromatic carbocycles. The topological polar surface area (TPSA) is 61.4 Å². The highest BCUT2D eigenvalue weighted by molar-refractivity contribution is 6.05. The van der Waals surface area contributed by atoms with E-state index in [0.29, 0.717) is 17.3 Å². The monoisotopic (exact) mass is 389 g/mol. The van der Waals surface area contributed by atoms with Crippen molar-refractivity contribution in [3.8, 4) is 11.4 Å². The Morgan fingerprint density at radius 3 is 2.24 bits per heavy atom. The first-order valence-corrected chi connectivity index (χ1v) is 9.71. The van der Waals surface area contributed by atoms with Gasteiger partial charge in [0.05, 0.1) is 0 Å². The number of hydrogen-bond acceptors (Lipinski definition) is 5. The van der Waals surface area contributed by atoms with E-state index in [0.717, 1.165) is 30.8 Å². The van der Waals surface area contributed by atoms with Gasteiger partial charge in [-0.25, -0.2) is 9.97 Å². The zero-order chi connectivity index (χ0) is 20.6. The Morgan fingerprint density at radius 1 is 0.931 bits per heavy atom. The van der Waals surface area contributed by atoms with Crippen molar-refractivity contribution in [2.45, 2.75) is 6.42 Å². The minimum absolute atomic E-state index is 0.174. The molecule has 1 aromatic heterocycles. The van der Waals surface area contributed by atoms with Crippen LogP contribution >= 0.6 is 0 Å². The second-order valence-electron chi connectivity index (χ2n) is 7.11. The van der Waals surface area contributed by atoms with Crippen LogP contribution in [-0.4, -0.2) is 55.0 Å². The second kappa shape index (κ2) is 9.80. The zero-order valence-electron chi connectivity index (χ0n) is 17.2. The lowest BCUT2D eigenvalue weighted by atomic mass is 10.2. The van der Waals surface area contributed by atoms with E-state index in [9.17, 15) is 4.79 Å². The molecule has 0 spiro atoms. The third kappa shape index (κ3) is 5.62. The van der Waals surface area contributed by atoms with Crippen molar-refractivity contribution < 1.29 is 4.79 Å². The highest BCUT2D eigenvalue weighted by Gasteiger charge is 2.18. The standard InChI is InChI=1S/C23H27N5O/c1-27(2)16-10-15-24-21-17-20(23(29)28(3)19-13-8-5-9-14-19)25-22(26-21)18-11-6-4-7-12-18/h4-9,11-14,17H,10,15-16H2,1-3H3,(H,24,25,26). The van der Waals surface area contributed by atoms with E-state index in [1.54, 1.807) is 18.0 Å². The van der Waals surface area contributed by atoms with Crippen LogP contribution in [0, 0.1) is 0 Å². The van der Waals surface area contributed by atoms with Crippen LogP contribution in [0.3, 0.4) is 0 Å². The van der Waals surface area contributed by atoms with Gasteiger partial charge < -0.3 is 15.1 Å². The van der Waals surface area contributed by atoms with Crippen molar-refractivity contribution in [2.75, 3.05) is 44.4 Å². The molecule has 6 heteroatoms. The molecule has 0 aliphatic carbocycles. The van der Waals surface area contributed by atoms with Crippen molar-refractivity contribution in [2.24, 2.45) is 0 Å². The van der Waals surface area contributed by atoms with Crippen LogP contribution in [-0.2, 0) is 0 Å². The minimum atomic E-state index is -0.174. The fourth-order valence-corrected chi connectivity index (χ4v) is 2.92. The van der Waals surface area contributed by atoms with Gasteiger partial charge in [0.1, 0.15) is 11.5 Å². The predicted octanol–water partition coefficient (Wildman–Crippen LogP) is 3.78. The van der Waals surface area contributed by atoms with Crippen molar-refractivity contribution in [3.05, 3.63) is 72.4 Å². The van der Waals surface area contributed by atoms with Gasteiger partial charge in [-0.3, -0.25) is 4.79 Å². The number of carbonyl (C=O) groups excluding carboxylic acids is 1. The number of hydrogen-bond donors (Lipinski definition) is 1. The molecule has 0 aliphatic rings. The number of benzene rings is 2. The number of aromatic nitrogens is 2. The summed E-state index contributed by atoms with van der Waals surface area (Å²) in [5.74, 6) is 1.02. The highest BCUT2D eigenvalue weighted by atomic mass is 16.2. The Labute approximate surface area is 172 Å². The molecule has 0 radical (unpaired) electrons. The molecular weight excluding hydrogens is 362 g/mol. The summed E-state index contributed by atoms with van der Waals surface area (Å²) in [7, 11) is 5.86. The van der Waals surface area contributed by atoms with E-state index in [-0.39, 0.29) is 5.91 Å². The maximum atomic E-state index is 13.1. The summed E-state index contributed by atoms with van der Waals surface area (Å²) in [6.07, 6.45) is 0.977. The summed E-state index contributed by atoms with van der Waals surface area (Å²) in [4.78, 5) is 26.0. The number of nitrogens with zero attached hydrogens (tertiary/aromatic N) is 4. The molecule has 150 valence electrons. The van der Waals surface area contributed by atoms with Crippen molar-refractivity contribution in [1.82, 2.24) is 14.9 Å². The first kappa shape index (κ1) is 20.5. The predicted molar refractivity (Wildman–Crippen MR) is 118 cm³/mol. The van der Waals surface area contributed by atoms with Crippen molar-refractivity contribution >= 4 is 17.4 Å². The van der Waals surface area contributed by atoms with Gasteiger partial charge in [0, 0.05) is 30.9 Å². The Morgan fingerprint density at radius 2 is 1.59 bits per heavy atom. The van der Waals surface area contributed by atoms with Crippen LogP contribution in [0.25, 0.3) is 11.4 Å².